The van der Waals surface area contributed by atoms with Crippen LogP contribution in [-0.4, -0.2) is 15.4 Å². The molecule has 18 heavy (non-hydrogen) atoms. The van der Waals surface area contributed by atoms with Crippen molar-refractivity contribution in [3.05, 3.63) is 41.1 Å². The van der Waals surface area contributed by atoms with Crippen LogP contribution in [0.25, 0.3) is 10.9 Å². The van der Waals surface area contributed by atoms with Crippen LogP contribution in [0.4, 0.5) is 4.39 Å². The molecule has 2 aromatic heterocycles. The molecular weight excluding hydrogens is 261 g/mol. The van der Waals surface area contributed by atoms with Crippen LogP contribution >= 0.6 is 11.6 Å². The summed E-state index contributed by atoms with van der Waals surface area (Å²) in [5.41, 5.74) is 1.11. The zero-order valence-electron chi connectivity index (χ0n) is 8.98. The minimum absolute atomic E-state index is 0.0765. The Morgan fingerprint density at radius 2 is 2.39 bits per heavy atom. The van der Waals surface area contributed by atoms with Gasteiger partial charge in [-0.05, 0) is 0 Å². The first kappa shape index (κ1) is 11.0. The van der Waals surface area contributed by atoms with E-state index in [0.29, 0.717) is 16.6 Å². The van der Waals surface area contributed by atoms with Gasteiger partial charge in [-0.2, -0.15) is 5.10 Å². The van der Waals surface area contributed by atoms with Crippen molar-refractivity contribution in [2.75, 3.05) is 0 Å². The van der Waals surface area contributed by atoms with Crippen LogP contribution in [-0.2, 0) is 6.61 Å². The molecule has 0 amide bonds. The van der Waals surface area contributed by atoms with Gasteiger partial charge in [0.1, 0.15) is 29.3 Å². The van der Waals surface area contributed by atoms with Gasteiger partial charge in [-0.25, -0.2) is 4.39 Å². The van der Waals surface area contributed by atoms with Crippen molar-refractivity contribution in [3.8, 4) is 5.75 Å². The monoisotopic (exact) mass is 267 g/mol. The summed E-state index contributed by atoms with van der Waals surface area (Å²) in [6.07, 6.45) is 2.80. The van der Waals surface area contributed by atoms with E-state index in [4.69, 9.17) is 16.3 Å². The molecule has 2 heterocycles. The van der Waals surface area contributed by atoms with Crippen LogP contribution < -0.4 is 4.74 Å². The lowest BCUT2D eigenvalue weighted by molar-refractivity contribution is 0.288. The molecule has 1 N–H and O–H groups in total. The highest BCUT2D eigenvalue weighted by Gasteiger charge is 2.14. The van der Waals surface area contributed by atoms with E-state index in [1.54, 1.807) is 12.1 Å². The first-order valence-electron chi connectivity index (χ1n) is 5.09. The standard InChI is InChI=1S/C11H7ClFN3O2/c12-10-9(17-5-6-1-2-18-16-6)3-8-7(11(10)13)4-14-15-8/h1-4H,5H2,(H,14,15). The fourth-order valence-corrected chi connectivity index (χ4v) is 1.78. The van der Waals surface area contributed by atoms with Gasteiger partial charge in [-0.3, -0.25) is 5.10 Å². The smallest absolute Gasteiger partial charge is 0.156 e. The highest BCUT2D eigenvalue weighted by molar-refractivity contribution is 6.33. The van der Waals surface area contributed by atoms with Crippen molar-refractivity contribution in [2.45, 2.75) is 6.61 Å². The van der Waals surface area contributed by atoms with Crippen LogP contribution in [0.2, 0.25) is 5.02 Å². The number of H-pyrrole nitrogens is 1. The predicted molar refractivity (Wildman–Crippen MR) is 61.9 cm³/mol. The number of halogens is 2. The van der Waals surface area contributed by atoms with Gasteiger partial charge in [0.2, 0.25) is 0 Å². The van der Waals surface area contributed by atoms with Crippen molar-refractivity contribution in [1.29, 1.82) is 0 Å². The summed E-state index contributed by atoms with van der Waals surface area (Å²) in [5.74, 6) is -0.327. The lowest BCUT2D eigenvalue weighted by atomic mass is 10.2. The second-order valence-corrected chi connectivity index (χ2v) is 3.99. The summed E-state index contributed by atoms with van der Waals surface area (Å²) in [5, 5.41) is 10.3. The summed E-state index contributed by atoms with van der Waals surface area (Å²) in [4.78, 5) is 0. The van der Waals surface area contributed by atoms with E-state index in [1.807, 2.05) is 0 Å². The maximum atomic E-state index is 13.9. The first-order valence-corrected chi connectivity index (χ1v) is 5.46. The van der Waals surface area contributed by atoms with E-state index in [0.717, 1.165) is 0 Å². The summed E-state index contributed by atoms with van der Waals surface area (Å²) >= 11 is 5.88. The molecule has 0 bridgehead atoms. The Morgan fingerprint density at radius 1 is 1.50 bits per heavy atom. The van der Waals surface area contributed by atoms with Crippen molar-refractivity contribution in [3.63, 3.8) is 0 Å². The van der Waals surface area contributed by atoms with E-state index < -0.39 is 5.82 Å². The molecule has 0 saturated heterocycles. The van der Waals surface area contributed by atoms with Crippen molar-refractivity contribution < 1.29 is 13.7 Å². The molecule has 0 aliphatic carbocycles. The van der Waals surface area contributed by atoms with Gasteiger partial charge in [-0.1, -0.05) is 16.8 Å². The molecule has 5 nitrogen and oxygen atoms in total. The summed E-state index contributed by atoms with van der Waals surface area (Å²) in [6, 6.07) is 3.24. The average Bonchev–Trinajstić information content (AvgIpc) is 3.02. The van der Waals surface area contributed by atoms with Crippen LogP contribution in [0.1, 0.15) is 5.69 Å². The number of ether oxygens (including phenoxy) is 1. The molecule has 0 saturated carbocycles. The minimum atomic E-state index is -0.557. The van der Waals surface area contributed by atoms with Gasteiger partial charge in [0.25, 0.3) is 0 Å². The SMILES string of the molecule is Fc1c(Cl)c(OCc2ccon2)cc2[nH]ncc12. The molecule has 1 aromatic carbocycles. The second-order valence-electron chi connectivity index (χ2n) is 3.61. The molecule has 0 radical (unpaired) electrons. The number of nitrogens with zero attached hydrogens (tertiary/aromatic N) is 2. The number of aromatic amines is 1. The fraction of sp³-hybridized carbons (Fsp3) is 0.0909. The Kier molecular flexibility index (Phi) is 2.64. The number of hydrogen-bond acceptors (Lipinski definition) is 4. The number of fused-ring (bicyclic) bond motifs is 1. The topological polar surface area (TPSA) is 63.9 Å². The maximum absolute atomic E-state index is 13.9. The molecule has 0 aliphatic heterocycles. The Bertz CT molecular complexity index is 681. The van der Waals surface area contributed by atoms with E-state index in [2.05, 4.69) is 19.9 Å². The summed E-state index contributed by atoms with van der Waals surface area (Å²) in [7, 11) is 0. The quantitative estimate of drug-likeness (QED) is 0.792. The number of aromatic nitrogens is 3. The predicted octanol–water partition coefficient (Wildman–Crippen LogP) is 2.92. The molecule has 3 rings (SSSR count). The Morgan fingerprint density at radius 3 is 3.17 bits per heavy atom. The van der Waals surface area contributed by atoms with Crippen LogP contribution in [0.3, 0.4) is 0 Å². The molecule has 92 valence electrons. The normalized spacial score (nSPS) is 11.0. The lowest BCUT2D eigenvalue weighted by Crippen LogP contribution is -1.97. The molecule has 7 heteroatoms. The molecule has 0 aliphatic rings. The molecule has 0 fully saturated rings. The first-order chi connectivity index (χ1) is 8.75. The van der Waals surface area contributed by atoms with E-state index in [1.165, 1.54) is 12.5 Å². The lowest BCUT2D eigenvalue weighted by Gasteiger charge is -2.07. The third kappa shape index (κ3) is 1.80. The number of benzene rings is 1. The van der Waals surface area contributed by atoms with Crippen molar-refractivity contribution >= 4 is 22.5 Å². The van der Waals surface area contributed by atoms with Crippen LogP contribution in [0.15, 0.2) is 29.1 Å². The molecule has 0 unspecified atom stereocenters. The zero-order chi connectivity index (χ0) is 12.5. The van der Waals surface area contributed by atoms with Gasteiger partial charge in [-0.15, -0.1) is 0 Å². The third-order valence-electron chi connectivity index (χ3n) is 2.46. The van der Waals surface area contributed by atoms with E-state index >= 15 is 0 Å². The van der Waals surface area contributed by atoms with Gasteiger partial charge >= 0.3 is 0 Å². The number of rotatable bonds is 3. The van der Waals surface area contributed by atoms with Crippen molar-refractivity contribution in [2.24, 2.45) is 0 Å². The fourth-order valence-electron chi connectivity index (χ4n) is 1.57. The van der Waals surface area contributed by atoms with Gasteiger partial charge in [0.05, 0.1) is 17.1 Å². The Balaban J connectivity index is 1.93. The maximum Gasteiger partial charge on any atom is 0.156 e. The molecule has 0 atom stereocenters. The largest absolute Gasteiger partial charge is 0.485 e. The van der Waals surface area contributed by atoms with Gasteiger partial charge in [0, 0.05) is 12.1 Å². The third-order valence-corrected chi connectivity index (χ3v) is 2.81. The Hall–Kier alpha value is -2.08. The van der Waals surface area contributed by atoms with Gasteiger partial charge < -0.3 is 9.26 Å². The summed E-state index contributed by atoms with van der Waals surface area (Å²) < 4.78 is 23.9. The molecule has 0 spiro atoms. The van der Waals surface area contributed by atoms with E-state index in [-0.39, 0.29) is 17.4 Å². The van der Waals surface area contributed by atoms with Crippen LogP contribution in [0, 0.1) is 5.82 Å². The molecule has 3 aromatic rings. The van der Waals surface area contributed by atoms with Crippen molar-refractivity contribution in [1.82, 2.24) is 15.4 Å². The number of hydrogen-bond donors (Lipinski definition) is 1. The Labute approximate surface area is 105 Å². The summed E-state index contributed by atoms with van der Waals surface area (Å²) in [6.45, 7) is 0.148. The highest BCUT2D eigenvalue weighted by atomic mass is 35.5. The zero-order valence-corrected chi connectivity index (χ0v) is 9.74. The minimum Gasteiger partial charge on any atom is -0.485 e. The highest BCUT2D eigenvalue weighted by Crippen LogP contribution is 2.33. The van der Waals surface area contributed by atoms with Crippen LogP contribution in [0.5, 0.6) is 5.75 Å². The number of nitrogens with one attached hydrogen (secondary N) is 1. The van der Waals surface area contributed by atoms with Gasteiger partial charge in [0.15, 0.2) is 5.82 Å². The second kappa shape index (κ2) is 4.30. The molecular formula is C11H7ClFN3O2. The average molecular weight is 268 g/mol. The van der Waals surface area contributed by atoms with E-state index in [9.17, 15) is 4.39 Å².